The number of hydrogen-bond donors (Lipinski definition) is 4. The van der Waals surface area contributed by atoms with Gasteiger partial charge in [-0.15, -0.1) is 11.6 Å². The topological polar surface area (TPSA) is 101 Å². The summed E-state index contributed by atoms with van der Waals surface area (Å²) in [5.74, 6) is 6.20. The third-order valence-corrected chi connectivity index (χ3v) is 2.71. The maximum Gasteiger partial charge on any atom is 0.159 e. The Labute approximate surface area is 117 Å². The minimum absolute atomic E-state index is 0.350. The van der Waals surface area contributed by atoms with Crippen LogP contribution in [0.1, 0.15) is 5.56 Å². The molecule has 1 unspecified atom stereocenters. The number of hydrazone groups is 2. The average Bonchev–Trinajstić information content (AvgIpc) is 2.43. The maximum absolute atomic E-state index is 5.97. The molecule has 1 aromatic carbocycles. The van der Waals surface area contributed by atoms with Crippen molar-refractivity contribution in [2.75, 3.05) is 17.7 Å². The summed E-state index contributed by atoms with van der Waals surface area (Å²) in [6.45, 7) is 4.04. The molecule has 104 valence electrons. The highest BCUT2D eigenvalue weighted by molar-refractivity contribution is 6.18. The maximum atomic E-state index is 5.97. The van der Waals surface area contributed by atoms with Crippen LogP contribution in [0.3, 0.4) is 0 Å². The van der Waals surface area contributed by atoms with Gasteiger partial charge < -0.3 is 16.9 Å². The van der Waals surface area contributed by atoms with Gasteiger partial charge in [-0.05, 0) is 24.1 Å². The first-order valence-electron chi connectivity index (χ1n) is 5.85. The van der Waals surface area contributed by atoms with E-state index in [4.69, 9.17) is 23.2 Å². The molecule has 0 fully saturated rings. The van der Waals surface area contributed by atoms with Crippen LogP contribution in [0.2, 0.25) is 0 Å². The molecule has 0 spiro atoms. The van der Waals surface area contributed by atoms with E-state index < -0.39 is 0 Å². The smallest absolute Gasteiger partial charge is 0.159 e. The van der Waals surface area contributed by atoms with Crippen LogP contribution in [0.4, 0.5) is 5.69 Å². The molecule has 0 saturated heterocycles. The van der Waals surface area contributed by atoms with E-state index in [2.05, 4.69) is 27.7 Å². The van der Waals surface area contributed by atoms with Gasteiger partial charge in [-0.3, -0.25) is 5.43 Å². The van der Waals surface area contributed by atoms with Crippen molar-refractivity contribution < 1.29 is 0 Å². The molecule has 0 heterocycles. The van der Waals surface area contributed by atoms with Crippen LogP contribution >= 0.6 is 11.6 Å². The van der Waals surface area contributed by atoms with Crippen molar-refractivity contribution in [3.05, 3.63) is 29.8 Å². The lowest BCUT2D eigenvalue weighted by molar-refractivity contribution is 0.796. The summed E-state index contributed by atoms with van der Waals surface area (Å²) in [7, 11) is 0. The first-order valence-corrected chi connectivity index (χ1v) is 6.38. The van der Waals surface area contributed by atoms with Gasteiger partial charge in [-0.25, -0.2) is 0 Å². The Balaban J connectivity index is 2.59. The zero-order chi connectivity index (χ0) is 14.1. The Morgan fingerprint density at radius 1 is 1.37 bits per heavy atom. The van der Waals surface area contributed by atoms with Gasteiger partial charge in [-0.1, -0.05) is 12.1 Å². The first-order chi connectivity index (χ1) is 9.21. The van der Waals surface area contributed by atoms with Gasteiger partial charge in [0.1, 0.15) is 0 Å². The third-order valence-electron chi connectivity index (χ3n) is 2.52. The summed E-state index contributed by atoms with van der Waals surface area (Å²) < 4.78 is 0. The van der Waals surface area contributed by atoms with E-state index in [1.807, 2.05) is 24.3 Å². The molecule has 1 atom stereocenters. The monoisotopic (exact) mass is 282 g/mol. The minimum atomic E-state index is -0.350. The predicted octanol–water partition coefficient (Wildman–Crippen LogP) is 0.684. The van der Waals surface area contributed by atoms with E-state index in [9.17, 15) is 0 Å². The average molecular weight is 283 g/mol. The van der Waals surface area contributed by atoms with E-state index >= 15 is 0 Å². The molecule has 0 amide bonds. The SMILES string of the molecule is C=NN/C(=N\N)C(N)Cc1ccc(NCCCl)cc1. The van der Waals surface area contributed by atoms with Gasteiger partial charge >= 0.3 is 0 Å². The number of alkyl halides is 1. The molecule has 7 heteroatoms. The van der Waals surface area contributed by atoms with E-state index in [1.165, 1.54) is 0 Å². The van der Waals surface area contributed by atoms with Crippen LogP contribution in [0.15, 0.2) is 34.5 Å². The molecule has 1 rings (SSSR count). The Hall–Kier alpha value is -1.79. The van der Waals surface area contributed by atoms with E-state index in [0.717, 1.165) is 17.8 Å². The summed E-state index contributed by atoms with van der Waals surface area (Å²) in [5, 5.41) is 10.2. The lowest BCUT2D eigenvalue weighted by atomic mass is 10.1. The van der Waals surface area contributed by atoms with Gasteiger partial charge in [0.05, 0.1) is 6.04 Å². The number of anilines is 1. The highest BCUT2D eigenvalue weighted by Crippen LogP contribution is 2.10. The van der Waals surface area contributed by atoms with Gasteiger partial charge in [0.15, 0.2) is 5.84 Å². The number of amidine groups is 1. The van der Waals surface area contributed by atoms with Gasteiger partial charge in [0.25, 0.3) is 0 Å². The van der Waals surface area contributed by atoms with Crippen molar-refractivity contribution in [1.82, 2.24) is 5.43 Å². The molecule has 0 aliphatic heterocycles. The van der Waals surface area contributed by atoms with Crippen molar-refractivity contribution in [3.63, 3.8) is 0 Å². The zero-order valence-electron chi connectivity index (χ0n) is 10.6. The molecule has 0 bridgehead atoms. The summed E-state index contributed by atoms with van der Waals surface area (Å²) in [4.78, 5) is 0. The van der Waals surface area contributed by atoms with Crippen LogP contribution in [0.25, 0.3) is 0 Å². The van der Waals surface area contributed by atoms with Crippen LogP contribution < -0.4 is 22.3 Å². The molecular weight excluding hydrogens is 264 g/mol. The lowest BCUT2D eigenvalue weighted by Gasteiger charge is -2.13. The standard InChI is InChI=1S/C12H19ClN6/c1-16-19-12(18-15)11(14)8-9-2-4-10(5-3-9)17-7-6-13/h2-5,11,17H,1,6-8,14-15H2,(H,18,19). The number of hydrogen-bond acceptors (Lipinski definition) is 5. The molecule has 0 aliphatic carbocycles. The number of halogens is 1. The normalized spacial score (nSPS) is 12.8. The Morgan fingerprint density at radius 3 is 2.58 bits per heavy atom. The highest BCUT2D eigenvalue weighted by Gasteiger charge is 2.11. The summed E-state index contributed by atoms with van der Waals surface area (Å²) in [6, 6.07) is 7.59. The fourth-order valence-electron chi connectivity index (χ4n) is 1.59. The van der Waals surface area contributed by atoms with Crippen molar-refractivity contribution in [1.29, 1.82) is 0 Å². The predicted molar refractivity (Wildman–Crippen MR) is 81.6 cm³/mol. The number of nitrogens with two attached hydrogens (primary N) is 2. The van der Waals surface area contributed by atoms with Gasteiger partial charge in [-0.2, -0.15) is 10.2 Å². The van der Waals surface area contributed by atoms with Crippen molar-refractivity contribution in [2.24, 2.45) is 21.8 Å². The van der Waals surface area contributed by atoms with E-state index in [-0.39, 0.29) is 6.04 Å². The Bertz CT molecular complexity index is 417. The second-order valence-electron chi connectivity index (χ2n) is 3.91. The molecular formula is C12H19ClN6. The summed E-state index contributed by atoms with van der Waals surface area (Å²) >= 11 is 5.61. The third kappa shape index (κ3) is 5.15. The molecule has 6 nitrogen and oxygen atoms in total. The van der Waals surface area contributed by atoms with Crippen molar-refractivity contribution >= 4 is 29.8 Å². The molecule has 19 heavy (non-hydrogen) atoms. The fraction of sp³-hybridized carbons (Fsp3) is 0.333. The Morgan fingerprint density at radius 2 is 2.05 bits per heavy atom. The second-order valence-corrected chi connectivity index (χ2v) is 4.29. The lowest BCUT2D eigenvalue weighted by Crippen LogP contribution is -2.40. The van der Waals surface area contributed by atoms with Gasteiger partial charge in [0.2, 0.25) is 0 Å². The quantitative estimate of drug-likeness (QED) is 0.194. The molecule has 0 aromatic heterocycles. The minimum Gasteiger partial charge on any atom is -0.384 e. The molecule has 1 aromatic rings. The highest BCUT2D eigenvalue weighted by atomic mass is 35.5. The number of benzene rings is 1. The van der Waals surface area contributed by atoms with Crippen LogP contribution in [-0.4, -0.2) is 31.0 Å². The van der Waals surface area contributed by atoms with Crippen molar-refractivity contribution in [3.8, 4) is 0 Å². The number of rotatable bonds is 7. The second kappa shape index (κ2) is 8.34. The number of nitrogens with zero attached hydrogens (tertiary/aromatic N) is 2. The fourth-order valence-corrected chi connectivity index (χ4v) is 1.68. The zero-order valence-corrected chi connectivity index (χ0v) is 11.4. The van der Waals surface area contributed by atoms with Crippen LogP contribution in [0, 0.1) is 0 Å². The largest absolute Gasteiger partial charge is 0.384 e. The number of nitrogens with one attached hydrogen (secondary N) is 2. The molecule has 0 radical (unpaired) electrons. The first kappa shape index (κ1) is 15.3. The van der Waals surface area contributed by atoms with Crippen LogP contribution in [0.5, 0.6) is 0 Å². The van der Waals surface area contributed by atoms with Crippen LogP contribution in [-0.2, 0) is 6.42 Å². The molecule has 0 aliphatic rings. The van der Waals surface area contributed by atoms with Crippen molar-refractivity contribution in [2.45, 2.75) is 12.5 Å². The van der Waals surface area contributed by atoms with E-state index in [1.54, 1.807) is 0 Å². The summed E-state index contributed by atoms with van der Waals surface area (Å²) in [6.07, 6.45) is 0.605. The van der Waals surface area contributed by atoms with Gasteiger partial charge in [0, 0.05) is 24.8 Å². The molecule has 0 saturated carbocycles. The Kier molecular flexibility index (Phi) is 6.70. The summed E-state index contributed by atoms with van der Waals surface area (Å²) in [5.41, 5.74) is 10.7. The van der Waals surface area contributed by atoms with E-state index in [0.29, 0.717) is 18.1 Å². The molecule has 6 N–H and O–H groups in total.